The molecule has 0 unspecified atom stereocenters. The second-order valence-electron chi connectivity index (χ2n) is 6.96. The Morgan fingerprint density at radius 2 is 1.82 bits per heavy atom. The Bertz CT molecular complexity index is 928. The zero-order valence-corrected chi connectivity index (χ0v) is 17.4. The third kappa shape index (κ3) is 3.85. The van der Waals surface area contributed by atoms with Crippen LogP contribution in [0.2, 0.25) is 0 Å². The van der Waals surface area contributed by atoms with E-state index in [1.165, 1.54) is 5.39 Å². The van der Waals surface area contributed by atoms with Gasteiger partial charge in [-0.2, -0.15) is 0 Å². The number of piperidine rings is 1. The SMILES string of the molecule is CCc1nc(N2CCC(Nc3cc(OC)cc(OC)c3)CC2)c2ccsc2n1. The molecule has 2 aromatic heterocycles. The quantitative estimate of drug-likeness (QED) is 0.666. The summed E-state index contributed by atoms with van der Waals surface area (Å²) in [6.07, 6.45) is 2.96. The van der Waals surface area contributed by atoms with E-state index >= 15 is 0 Å². The van der Waals surface area contributed by atoms with Crippen LogP contribution in [0.3, 0.4) is 0 Å². The van der Waals surface area contributed by atoms with Crippen molar-refractivity contribution in [2.24, 2.45) is 0 Å². The van der Waals surface area contributed by atoms with Crippen LogP contribution in [-0.2, 0) is 6.42 Å². The van der Waals surface area contributed by atoms with Crippen LogP contribution < -0.4 is 19.7 Å². The number of hydrogen-bond acceptors (Lipinski definition) is 7. The number of aromatic nitrogens is 2. The van der Waals surface area contributed by atoms with Crippen molar-refractivity contribution in [2.75, 3.05) is 37.5 Å². The van der Waals surface area contributed by atoms with E-state index < -0.39 is 0 Å². The summed E-state index contributed by atoms with van der Waals surface area (Å²) < 4.78 is 10.8. The maximum atomic E-state index is 5.38. The molecule has 0 aliphatic carbocycles. The lowest BCUT2D eigenvalue weighted by Gasteiger charge is -2.34. The lowest BCUT2D eigenvalue weighted by atomic mass is 10.0. The molecule has 1 aliphatic rings. The van der Waals surface area contributed by atoms with Gasteiger partial charge in [-0.05, 0) is 24.3 Å². The number of methoxy groups -OCH3 is 2. The van der Waals surface area contributed by atoms with Crippen LogP contribution in [0.1, 0.15) is 25.6 Å². The Kier molecular flexibility index (Phi) is 5.52. The van der Waals surface area contributed by atoms with Crippen LogP contribution >= 0.6 is 11.3 Å². The number of hydrogen-bond donors (Lipinski definition) is 1. The maximum absolute atomic E-state index is 5.38. The Balaban J connectivity index is 1.46. The van der Waals surface area contributed by atoms with Crippen LogP contribution in [0.25, 0.3) is 10.2 Å². The summed E-state index contributed by atoms with van der Waals surface area (Å²) in [4.78, 5) is 13.0. The average Bonchev–Trinajstić information content (AvgIpc) is 3.22. The van der Waals surface area contributed by atoms with Gasteiger partial charge in [0, 0.05) is 49.4 Å². The third-order valence-corrected chi connectivity index (χ3v) is 5.99. The molecule has 0 spiro atoms. The lowest BCUT2D eigenvalue weighted by molar-refractivity contribution is 0.394. The first kappa shape index (κ1) is 18.8. The predicted molar refractivity (Wildman–Crippen MR) is 115 cm³/mol. The van der Waals surface area contributed by atoms with Crippen LogP contribution in [0.4, 0.5) is 11.5 Å². The Morgan fingerprint density at radius 1 is 1.11 bits per heavy atom. The van der Waals surface area contributed by atoms with E-state index in [0.717, 1.165) is 66.0 Å². The van der Waals surface area contributed by atoms with Crippen LogP contribution in [-0.4, -0.2) is 43.3 Å². The van der Waals surface area contributed by atoms with Crippen molar-refractivity contribution in [3.63, 3.8) is 0 Å². The van der Waals surface area contributed by atoms with Crippen molar-refractivity contribution in [1.82, 2.24) is 9.97 Å². The average molecular weight is 399 g/mol. The van der Waals surface area contributed by atoms with Crippen LogP contribution in [0.5, 0.6) is 11.5 Å². The molecule has 0 bridgehead atoms. The van der Waals surface area contributed by atoms with E-state index in [9.17, 15) is 0 Å². The largest absolute Gasteiger partial charge is 0.497 e. The van der Waals surface area contributed by atoms with Crippen molar-refractivity contribution in [3.05, 3.63) is 35.5 Å². The van der Waals surface area contributed by atoms with Gasteiger partial charge in [0.2, 0.25) is 0 Å². The molecule has 1 N–H and O–H groups in total. The minimum absolute atomic E-state index is 0.415. The van der Waals surface area contributed by atoms with Crippen molar-refractivity contribution < 1.29 is 9.47 Å². The molecule has 1 saturated heterocycles. The molecule has 1 fully saturated rings. The van der Waals surface area contributed by atoms with Gasteiger partial charge in [0.25, 0.3) is 0 Å². The van der Waals surface area contributed by atoms with Crippen LogP contribution in [0, 0.1) is 0 Å². The fourth-order valence-electron chi connectivity index (χ4n) is 3.64. The second-order valence-corrected chi connectivity index (χ2v) is 7.86. The van der Waals surface area contributed by atoms with Crippen molar-refractivity contribution in [3.8, 4) is 11.5 Å². The van der Waals surface area contributed by atoms with Gasteiger partial charge in [-0.3, -0.25) is 0 Å². The molecule has 0 saturated carbocycles. The minimum atomic E-state index is 0.415. The molecule has 1 aliphatic heterocycles. The number of rotatable bonds is 6. The predicted octanol–water partition coefficient (Wildman–Crippen LogP) is 4.35. The van der Waals surface area contributed by atoms with E-state index in [2.05, 4.69) is 33.6 Å². The number of ether oxygens (including phenoxy) is 2. The molecule has 4 rings (SSSR count). The molecule has 0 radical (unpaired) electrons. The summed E-state index contributed by atoms with van der Waals surface area (Å²) in [6.45, 7) is 4.06. The van der Waals surface area contributed by atoms with Gasteiger partial charge in [0.1, 0.15) is 28.0 Å². The van der Waals surface area contributed by atoms with Gasteiger partial charge in [0.15, 0.2) is 0 Å². The number of fused-ring (bicyclic) bond motifs is 1. The molecule has 3 aromatic rings. The topological polar surface area (TPSA) is 59.5 Å². The van der Waals surface area contributed by atoms with Crippen molar-refractivity contribution in [2.45, 2.75) is 32.2 Å². The zero-order chi connectivity index (χ0) is 19.5. The van der Waals surface area contributed by atoms with Crippen LogP contribution in [0.15, 0.2) is 29.6 Å². The highest BCUT2D eigenvalue weighted by Crippen LogP contribution is 2.31. The van der Waals surface area contributed by atoms with Gasteiger partial charge < -0.3 is 19.7 Å². The van der Waals surface area contributed by atoms with E-state index in [0.29, 0.717) is 6.04 Å². The van der Waals surface area contributed by atoms with Crippen molar-refractivity contribution in [1.29, 1.82) is 0 Å². The van der Waals surface area contributed by atoms with E-state index in [1.54, 1.807) is 25.6 Å². The lowest BCUT2D eigenvalue weighted by Crippen LogP contribution is -2.39. The van der Waals surface area contributed by atoms with E-state index in [4.69, 9.17) is 14.5 Å². The molecular formula is C21H26N4O2S. The normalized spacial score (nSPS) is 15.0. The molecule has 1 aromatic carbocycles. The summed E-state index contributed by atoms with van der Waals surface area (Å²) in [5.74, 6) is 3.61. The summed E-state index contributed by atoms with van der Waals surface area (Å²) in [5.41, 5.74) is 1.03. The van der Waals surface area contributed by atoms with Gasteiger partial charge in [0.05, 0.1) is 19.6 Å². The van der Waals surface area contributed by atoms with Crippen molar-refractivity contribution >= 4 is 33.1 Å². The molecular weight excluding hydrogens is 372 g/mol. The summed E-state index contributed by atoms with van der Waals surface area (Å²) in [5, 5.41) is 6.92. The molecule has 148 valence electrons. The minimum Gasteiger partial charge on any atom is -0.497 e. The molecule has 0 amide bonds. The fourth-order valence-corrected chi connectivity index (χ4v) is 4.42. The molecule has 6 nitrogen and oxygen atoms in total. The van der Waals surface area contributed by atoms with E-state index in [1.807, 2.05) is 18.2 Å². The number of thiophene rings is 1. The number of anilines is 2. The molecule has 28 heavy (non-hydrogen) atoms. The summed E-state index contributed by atoms with van der Waals surface area (Å²) >= 11 is 1.69. The third-order valence-electron chi connectivity index (χ3n) is 5.18. The molecule has 0 atom stereocenters. The Morgan fingerprint density at radius 3 is 2.46 bits per heavy atom. The first-order valence-corrected chi connectivity index (χ1v) is 10.6. The maximum Gasteiger partial charge on any atom is 0.141 e. The van der Waals surface area contributed by atoms with Gasteiger partial charge in [-0.25, -0.2) is 9.97 Å². The first-order chi connectivity index (χ1) is 13.7. The fraction of sp³-hybridized carbons (Fsp3) is 0.429. The molecule has 7 heteroatoms. The number of benzene rings is 1. The highest BCUT2D eigenvalue weighted by Gasteiger charge is 2.23. The number of nitrogens with zero attached hydrogens (tertiary/aromatic N) is 3. The number of nitrogens with one attached hydrogen (secondary N) is 1. The summed E-state index contributed by atoms with van der Waals surface area (Å²) in [7, 11) is 3.35. The van der Waals surface area contributed by atoms with Gasteiger partial charge >= 0.3 is 0 Å². The highest BCUT2D eigenvalue weighted by molar-refractivity contribution is 7.16. The second kappa shape index (κ2) is 8.22. The molecule has 3 heterocycles. The first-order valence-electron chi connectivity index (χ1n) is 9.68. The summed E-state index contributed by atoms with van der Waals surface area (Å²) in [6, 6.07) is 8.48. The monoisotopic (exact) mass is 398 g/mol. The smallest absolute Gasteiger partial charge is 0.141 e. The Hall–Kier alpha value is -2.54. The van der Waals surface area contributed by atoms with Gasteiger partial charge in [-0.1, -0.05) is 6.92 Å². The highest BCUT2D eigenvalue weighted by atomic mass is 32.1. The standard InChI is InChI=1S/C21H26N4O2S/c1-4-19-23-20(18-7-10-28-21(18)24-19)25-8-5-14(6-9-25)22-15-11-16(26-2)13-17(12-15)27-3/h7,10-14,22H,4-6,8-9H2,1-3H3. The van der Waals surface area contributed by atoms with Gasteiger partial charge in [-0.15, -0.1) is 11.3 Å². The number of aryl methyl sites for hydroxylation is 1. The van der Waals surface area contributed by atoms with E-state index in [-0.39, 0.29) is 0 Å². The zero-order valence-electron chi connectivity index (χ0n) is 16.6. The Labute approximate surface area is 169 Å².